The fourth-order valence-electron chi connectivity index (χ4n) is 5.25. The fourth-order valence-corrected chi connectivity index (χ4v) is 5.25. The maximum atomic E-state index is 13.1. The van der Waals surface area contributed by atoms with Crippen LogP contribution in [0.2, 0.25) is 0 Å². The molecule has 0 heterocycles. The minimum Gasteiger partial charge on any atom is -0.493 e. The molecule has 46 heavy (non-hydrogen) atoms. The van der Waals surface area contributed by atoms with Gasteiger partial charge in [0.25, 0.3) is 0 Å². The summed E-state index contributed by atoms with van der Waals surface area (Å²) in [6.45, 7) is 11.0. The number of anilines is 2. The molecule has 0 aliphatic heterocycles. The van der Waals surface area contributed by atoms with Crippen molar-refractivity contribution < 1.29 is 38.1 Å². The van der Waals surface area contributed by atoms with Crippen LogP contribution in [0.5, 0.6) is 11.5 Å². The molecule has 0 radical (unpaired) electrons. The Morgan fingerprint density at radius 1 is 0.522 bits per heavy atom. The van der Waals surface area contributed by atoms with E-state index in [1.807, 2.05) is 38.1 Å². The second kappa shape index (κ2) is 15.1. The van der Waals surface area contributed by atoms with Crippen LogP contribution in [0, 0.1) is 0 Å². The molecular formula is C36H38N2O8. The molecule has 4 aromatic rings. The number of hydrogen-bond acceptors (Lipinski definition) is 8. The number of carbonyl (C=O) groups is 4. The number of fused-ring (bicyclic) bond motifs is 1. The molecule has 4 rings (SSSR count). The van der Waals surface area contributed by atoms with E-state index in [0.717, 1.165) is 10.8 Å². The average molecular weight is 627 g/mol. The summed E-state index contributed by atoms with van der Waals surface area (Å²) >= 11 is 0. The van der Waals surface area contributed by atoms with Crippen LogP contribution in [0.15, 0.2) is 60.7 Å². The van der Waals surface area contributed by atoms with Gasteiger partial charge in [0.1, 0.15) is 11.5 Å². The zero-order chi connectivity index (χ0) is 33.4. The molecule has 0 atom stereocenters. The molecule has 0 saturated carbocycles. The van der Waals surface area contributed by atoms with Crippen LogP contribution in [0.25, 0.3) is 33.0 Å². The van der Waals surface area contributed by atoms with E-state index >= 15 is 0 Å². The van der Waals surface area contributed by atoms with Gasteiger partial charge >= 0.3 is 11.9 Å². The maximum absolute atomic E-state index is 13.1. The molecule has 0 aliphatic carbocycles. The van der Waals surface area contributed by atoms with Crippen LogP contribution in [0.4, 0.5) is 11.4 Å². The van der Waals surface area contributed by atoms with Crippen LogP contribution in [0.3, 0.4) is 0 Å². The molecule has 0 saturated heterocycles. The predicted molar refractivity (Wildman–Crippen MR) is 178 cm³/mol. The van der Waals surface area contributed by atoms with Crippen molar-refractivity contribution >= 4 is 45.9 Å². The smallest absolute Gasteiger partial charge is 0.338 e. The van der Waals surface area contributed by atoms with Crippen molar-refractivity contribution in [1.29, 1.82) is 0 Å². The summed E-state index contributed by atoms with van der Waals surface area (Å²) in [6, 6.07) is 17.6. The summed E-state index contributed by atoms with van der Waals surface area (Å²) < 4.78 is 23.2. The van der Waals surface area contributed by atoms with Gasteiger partial charge in [0, 0.05) is 58.2 Å². The highest BCUT2D eigenvalue weighted by atomic mass is 16.5. The predicted octanol–water partition coefficient (Wildman–Crippen LogP) is 7.24. The van der Waals surface area contributed by atoms with E-state index < -0.39 is 11.9 Å². The van der Waals surface area contributed by atoms with Gasteiger partial charge in [0.2, 0.25) is 11.8 Å². The SMILES string of the molecule is CCOC(=O)c1cc(NC(C)=O)ccc1-c1ccc2c(OCC)c(-c3ccc(NC(C)=O)cc3C(=O)OCC)ccc2c1OCC. The van der Waals surface area contributed by atoms with Crippen LogP contribution in [-0.2, 0) is 19.1 Å². The summed E-state index contributed by atoms with van der Waals surface area (Å²) in [7, 11) is 0. The first-order valence-corrected chi connectivity index (χ1v) is 15.2. The molecule has 240 valence electrons. The average Bonchev–Trinajstić information content (AvgIpc) is 3.01. The van der Waals surface area contributed by atoms with Crippen molar-refractivity contribution in [3.63, 3.8) is 0 Å². The van der Waals surface area contributed by atoms with Gasteiger partial charge in [-0.25, -0.2) is 9.59 Å². The van der Waals surface area contributed by atoms with Crippen molar-refractivity contribution in [2.24, 2.45) is 0 Å². The van der Waals surface area contributed by atoms with Gasteiger partial charge in [-0.15, -0.1) is 0 Å². The topological polar surface area (TPSA) is 129 Å². The number of nitrogens with one attached hydrogen (secondary N) is 2. The Hall–Kier alpha value is -5.38. The van der Waals surface area contributed by atoms with E-state index in [1.165, 1.54) is 13.8 Å². The number of ether oxygens (including phenoxy) is 4. The fraction of sp³-hybridized carbons (Fsp3) is 0.278. The Morgan fingerprint density at radius 2 is 0.891 bits per heavy atom. The summed E-state index contributed by atoms with van der Waals surface area (Å²) in [5, 5.41) is 6.88. The van der Waals surface area contributed by atoms with Crippen LogP contribution >= 0.6 is 0 Å². The molecule has 4 aromatic carbocycles. The van der Waals surface area contributed by atoms with Crippen molar-refractivity contribution in [2.75, 3.05) is 37.1 Å². The van der Waals surface area contributed by atoms with Crippen LogP contribution in [-0.4, -0.2) is 50.2 Å². The third kappa shape index (κ3) is 7.28. The molecule has 0 aromatic heterocycles. The maximum Gasteiger partial charge on any atom is 0.338 e. The molecule has 0 bridgehead atoms. The standard InChI is InChI=1S/C36H38N2O8/c1-7-43-33-27(25-13-11-23(37-21(5)39)19-31(25)35(41)45-9-3)15-18-30-29(33)17-16-28(34(30)44-8-2)26-14-12-24(38-22(6)40)20-32(26)36(42)46-10-4/h11-20H,7-10H2,1-6H3,(H,37,39)(H,38,40). The minimum absolute atomic E-state index is 0.179. The highest BCUT2D eigenvalue weighted by Gasteiger charge is 2.24. The Balaban J connectivity index is 1.98. The lowest BCUT2D eigenvalue weighted by molar-refractivity contribution is -0.115. The van der Waals surface area contributed by atoms with E-state index in [1.54, 1.807) is 50.2 Å². The van der Waals surface area contributed by atoms with E-state index in [2.05, 4.69) is 10.6 Å². The molecule has 2 amide bonds. The number of benzene rings is 4. The summed E-state index contributed by atoms with van der Waals surface area (Å²) in [5.41, 5.74) is 3.90. The highest BCUT2D eigenvalue weighted by Crippen LogP contribution is 2.46. The number of carbonyl (C=O) groups excluding carboxylic acids is 4. The van der Waals surface area contributed by atoms with Gasteiger partial charge in [-0.05, 0) is 76.2 Å². The van der Waals surface area contributed by atoms with Gasteiger partial charge in [0.05, 0.1) is 37.6 Å². The first-order valence-electron chi connectivity index (χ1n) is 15.2. The second-order valence-electron chi connectivity index (χ2n) is 10.2. The third-order valence-corrected chi connectivity index (χ3v) is 6.93. The minimum atomic E-state index is -0.535. The Kier molecular flexibility index (Phi) is 11.0. The molecular weight excluding hydrogens is 588 g/mol. The van der Waals surface area contributed by atoms with E-state index in [4.69, 9.17) is 18.9 Å². The molecule has 0 unspecified atom stereocenters. The zero-order valence-corrected chi connectivity index (χ0v) is 26.9. The van der Waals surface area contributed by atoms with Gasteiger partial charge in [-0.2, -0.15) is 0 Å². The van der Waals surface area contributed by atoms with E-state index in [9.17, 15) is 19.2 Å². The Labute approximate surface area is 268 Å². The Bertz CT molecular complexity index is 1670. The second-order valence-corrected chi connectivity index (χ2v) is 10.2. The zero-order valence-electron chi connectivity index (χ0n) is 26.9. The van der Waals surface area contributed by atoms with E-state index in [0.29, 0.717) is 58.3 Å². The van der Waals surface area contributed by atoms with E-state index in [-0.39, 0.29) is 36.2 Å². The number of hydrogen-bond donors (Lipinski definition) is 2. The van der Waals surface area contributed by atoms with Crippen LogP contribution in [0.1, 0.15) is 62.3 Å². The third-order valence-electron chi connectivity index (χ3n) is 6.93. The summed E-state index contributed by atoms with van der Waals surface area (Å²) in [6.07, 6.45) is 0. The van der Waals surface area contributed by atoms with Gasteiger partial charge < -0.3 is 29.6 Å². The molecule has 2 N–H and O–H groups in total. The number of rotatable bonds is 12. The number of amides is 2. The monoisotopic (exact) mass is 626 g/mol. The molecule has 10 heteroatoms. The molecule has 0 spiro atoms. The summed E-state index contributed by atoms with van der Waals surface area (Å²) in [4.78, 5) is 49.7. The first-order chi connectivity index (χ1) is 22.1. The molecule has 0 fully saturated rings. The van der Waals surface area contributed by atoms with Crippen molar-refractivity contribution in [2.45, 2.75) is 41.5 Å². The van der Waals surface area contributed by atoms with Crippen molar-refractivity contribution in [3.05, 3.63) is 71.8 Å². The molecule has 0 aliphatic rings. The normalized spacial score (nSPS) is 10.7. The van der Waals surface area contributed by atoms with Gasteiger partial charge in [0.15, 0.2) is 0 Å². The lowest BCUT2D eigenvalue weighted by atomic mass is 9.91. The van der Waals surface area contributed by atoms with Crippen molar-refractivity contribution in [1.82, 2.24) is 0 Å². The quantitative estimate of drug-likeness (QED) is 0.158. The molecule has 10 nitrogen and oxygen atoms in total. The lowest BCUT2D eigenvalue weighted by Crippen LogP contribution is -2.11. The largest absolute Gasteiger partial charge is 0.493 e. The first kappa shape index (κ1) is 33.5. The van der Waals surface area contributed by atoms with Gasteiger partial charge in [-0.1, -0.05) is 12.1 Å². The van der Waals surface area contributed by atoms with Gasteiger partial charge in [-0.3, -0.25) is 9.59 Å². The van der Waals surface area contributed by atoms with Crippen molar-refractivity contribution in [3.8, 4) is 33.8 Å². The van der Waals surface area contributed by atoms with Crippen LogP contribution < -0.4 is 20.1 Å². The summed E-state index contributed by atoms with van der Waals surface area (Å²) in [5.74, 6) is -0.552. The lowest BCUT2D eigenvalue weighted by Gasteiger charge is -2.20. The highest BCUT2D eigenvalue weighted by molar-refractivity contribution is 6.08. The Morgan fingerprint density at radius 3 is 1.22 bits per heavy atom. The number of esters is 2.